The summed E-state index contributed by atoms with van der Waals surface area (Å²) in [4.78, 5) is 26.0. The highest BCUT2D eigenvalue weighted by Gasteiger charge is 2.33. The first-order chi connectivity index (χ1) is 12.2. The summed E-state index contributed by atoms with van der Waals surface area (Å²) in [5, 5.41) is 3.86. The SMILES string of the molecule is Cc1noc(C2CCN(C(=O)c3cccnc3N3CCCCC3)C2)n1. The molecule has 2 aromatic heterocycles. The van der Waals surface area contributed by atoms with Crippen LogP contribution in [0.25, 0.3) is 0 Å². The Morgan fingerprint density at radius 2 is 2.08 bits per heavy atom. The fraction of sp³-hybridized carbons (Fsp3) is 0.556. The Kier molecular flexibility index (Phi) is 4.38. The number of aromatic nitrogens is 3. The molecule has 0 spiro atoms. The van der Waals surface area contributed by atoms with E-state index in [4.69, 9.17) is 4.52 Å². The second-order valence-electron chi connectivity index (χ2n) is 6.84. The number of likely N-dealkylation sites (tertiary alicyclic amines) is 1. The van der Waals surface area contributed by atoms with Crippen LogP contribution in [0.2, 0.25) is 0 Å². The molecule has 1 unspecified atom stereocenters. The largest absolute Gasteiger partial charge is 0.356 e. The molecule has 132 valence electrons. The van der Waals surface area contributed by atoms with E-state index < -0.39 is 0 Å². The summed E-state index contributed by atoms with van der Waals surface area (Å²) in [5.74, 6) is 2.27. The van der Waals surface area contributed by atoms with Crippen molar-refractivity contribution in [2.75, 3.05) is 31.1 Å². The van der Waals surface area contributed by atoms with Gasteiger partial charge in [0.2, 0.25) is 5.89 Å². The van der Waals surface area contributed by atoms with Crippen molar-refractivity contribution in [3.8, 4) is 0 Å². The van der Waals surface area contributed by atoms with Crippen molar-refractivity contribution < 1.29 is 9.32 Å². The number of nitrogens with zero attached hydrogens (tertiary/aromatic N) is 5. The van der Waals surface area contributed by atoms with Crippen molar-refractivity contribution in [1.82, 2.24) is 20.0 Å². The zero-order chi connectivity index (χ0) is 17.2. The second-order valence-corrected chi connectivity index (χ2v) is 6.84. The molecular weight excluding hydrogens is 318 g/mol. The summed E-state index contributed by atoms with van der Waals surface area (Å²) in [5.41, 5.74) is 0.701. The summed E-state index contributed by atoms with van der Waals surface area (Å²) < 4.78 is 5.28. The van der Waals surface area contributed by atoms with Crippen molar-refractivity contribution >= 4 is 11.7 Å². The van der Waals surface area contributed by atoms with Gasteiger partial charge in [0.1, 0.15) is 5.82 Å². The maximum absolute atomic E-state index is 13.1. The number of rotatable bonds is 3. The fourth-order valence-electron chi connectivity index (χ4n) is 3.72. The first-order valence-electron chi connectivity index (χ1n) is 9.02. The van der Waals surface area contributed by atoms with Crippen LogP contribution in [-0.4, -0.2) is 52.1 Å². The zero-order valence-electron chi connectivity index (χ0n) is 14.5. The van der Waals surface area contributed by atoms with E-state index in [2.05, 4.69) is 20.0 Å². The summed E-state index contributed by atoms with van der Waals surface area (Å²) in [6.07, 6.45) is 6.20. The van der Waals surface area contributed by atoms with Crippen LogP contribution >= 0.6 is 0 Å². The van der Waals surface area contributed by atoms with Crippen molar-refractivity contribution in [3.63, 3.8) is 0 Å². The molecule has 1 atom stereocenters. The number of hydrogen-bond acceptors (Lipinski definition) is 6. The molecule has 2 aliphatic rings. The highest BCUT2D eigenvalue weighted by atomic mass is 16.5. The van der Waals surface area contributed by atoms with Gasteiger partial charge >= 0.3 is 0 Å². The monoisotopic (exact) mass is 341 g/mol. The van der Waals surface area contributed by atoms with Crippen molar-refractivity contribution in [2.24, 2.45) is 0 Å². The minimum atomic E-state index is 0.0485. The van der Waals surface area contributed by atoms with Gasteiger partial charge in [-0.3, -0.25) is 4.79 Å². The molecule has 0 radical (unpaired) electrons. The molecule has 4 heterocycles. The lowest BCUT2D eigenvalue weighted by Gasteiger charge is -2.29. The van der Waals surface area contributed by atoms with E-state index in [0.29, 0.717) is 30.4 Å². The Hall–Kier alpha value is -2.44. The van der Waals surface area contributed by atoms with Gasteiger partial charge in [0.25, 0.3) is 5.91 Å². The lowest BCUT2D eigenvalue weighted by Crippen LogP contribution is -2.34. The van der Waals surface area contributed by atoms with Gasteiger partial charge in [-0.15, -0.1) is 0 Å². The average Bonchev–Trinajstić information content (AvgIpc) is 3.31. The third-order valence-corrected chi connectivity index (χ3v) is 5.04. The lowest BCUT2D eigenvalue weighted by molar-refractivity contribution is 0.0789. The van der Waals surface area contributed by atoms with Gasteiger partial charge < -0.3 is 14.3 Å². The Bertz CT molecular complexity index is 753. The van der Waals surface area contributed by atoms with Gasteiger partial charge in [-0.1, -0.05) is 5.16 Å². The number of piperidine rings is 1. The Morgan fingerprint density at radius 1 is 1.24 bits per heavy atom. The van der Waals surface area contributed by atoms with E-state index in [1.165, 1.54) is 6.42 Å². The van der Waals surface area contributed by atoms with E-state index in [-0.39, 0.29) is 11.8 Å². The molecule has 0 N–H and O–H groups in total. The Morgan fingerprint density at radius 3 is 2.84 bits per heavy atom. The predicted molar refractivity (Wildman–Crippen MR) is 92.6 cm³/mol. The minimum absolute atomic E-state index is 0.0485. The number of carbonyl (C=O) groups is 1. The van der Waals surface area contributed by atoms with Crippen molar-refractivity contribution in [1.29, 1.82) is 0 Å². The van der Waals surface area contributed by atoms with Gasteiger partial charge in [0, 0.05) is 32.4 Å². The van der Waals surface area contributed by atoms with Crippen LogP contribution in [0, 0.1) is 6.92 Å². The van der Waals surface area contributed by atoms with Crippen LogP contribution in [0.15, 0.2) is 22.9 Å². The molecule has 0 aromatic carbocycles. The third-order valence-electron chi connectivity index (χ3n) is 5.04. The molecular formula is C18H23N5O2. The topological polar surface area (TPSA) is 75.4 Å². The van der Waals surface area contributed by atoms with E-state index >= 15 is 0 Å². The minimum Gasteiger partial charge on any atom is -0.356 e. The smallest absolute Gasteiger partial charge is 0.257 e. The molecule has 2 fully saturated rings. The second kappa shape index (κ2) is 6.82. The average molecular weight is 341 g/mol. The van der Waals surface area contributed by atoms with E-state index in [9.17, 15) is 4.79 Å². The first kappa shape index (κ1) is 16.1. The van der Waals surface area contributed by atoms with Crippen LogP contribution < -0.4 is 4.90 Å². The quantitative estimate of drug-likeness (QED) is 0.853. The number of carbonyl (C=O) groups excluding carboxylic acids is 1. The summed E-state index contributed by atoms with van der Waals surface area (Å²) in [7, 11) is 0. The van der Waals surface area contributed by atoms with E-state index in [1.807, 2.05) is 24.0 Å². The summed E-state index contributed by atoms with van der Waals surface area (Å²) in [6, 6.07) is 3.74. The molecule has 2 aliphatic heterocycles. The van der Waals surface area contributed by atoms with Gasteiger partial charge in [-0.05, 0) is 44.7 Å². The lowest BCUT2D eigenvalue weighted by atomic mass is 10.1. The standard InChI is InChI=1S/C18H23N5O2/c1-13-20-17(25-21-13)14-7-11-23(12-14)18(24)15-6-5-8-19-16(15)22-9-3-2-4-10-22/h5-6,8,14H,2-4,7,9-12H2,1H3. The third kappa shape index (κ3) is 3.23. The molecule has 7 nitrogen and oxygen atoms in total. The maximum atomic E-state index is 13.1. The molecule has 0 saturated carbocycles. The maximum Gasteiger partial charge on any atom is 0.257 e. The zero-order valence-corrected chi connectivity index (χ0v) is 14.5. The predicted octanol–water partition coefficient (Wildman–Crippen LogP) is 2.39. The molecule has 2 aromatic rings. The molecule has 7 heteroatoms. The van der Waals surface area contributed by atoms with E-state index in [0.717, 1.165) is 38.2 Å². The van der Waals surface area contributed by atoms with Gasteiger partial charge in [0.15, 0.2) is 5.82 Å². The van der Waals surface area contributed by atoms with Crippen LogP contribution in [0.1, 0.15) is 53.7 Å². The molecule has 0 aliphatic carbocycles. The Labute approximate surface area is 147 Å². The van der Waals surface area contributed by atoms with E-state index in [1.54, 1.807) is 6.20 Å². The van der Waals surface area contributed by atoms with Crippen LogP contribution in [-0.2, 0) is 0 Å². The normalized spacial score (nSPS) is 20.9. The number of amides is 1. The van der Waals surface area contributed by atoms with Crippen LogP contribution in [0.4, 0.5) is 5.82 Å². The molecule has 4 rings (SSSR count). The van der Waals surface area contributed by atoms with Crippen LogP contribution in [0.3, 0.4) is 0 Å². The Balaban J connectivity index is 1.51. The molecule has 1 amide bonds. The van der Waals surface area contributed by atoms with Crippen molar-refractivity contribution in [3.05, 3.63) is 35.6 Å². The van der Waals surface area contributed by atoms with Gasteiger partial charge in [-0.25, -0.2) is 4.98 Å². The molecule has 25 heavy (non-hydrogen) atoms. The first-order valence-corrected chi connectivity index (χ1v) is 9.02. The van der Waals surface area contributed by atoms with Gasteiger partial charge in [-0.2, -0.15) is 4.98 Å². The molecule has 2 saturated heterocycles. The summed E-state index contributed by atoms with van der Waals surface area (Å²) >= 11 is 0. The number of aryl methyl sites for hydroxylation is 1. The van der Waals surface area contributed by atoms with Gasteiger partial charge in [0.05, 0.1) is 11.5 Å². The highest BCUT2D eigenvalue weighted by molar-refractivity contribution is 5.99. The van der Waals surface area contributed by atoms with Crippen LogP contribution in [0.5, 0.6) is 0 Å². The number of anilines is 1. The summed E-state index contributed by atoms with van der Waals surface area (Å²) in [6.45, 7) is 5.09. The van der Waals surface area contributed by atoms with Crippen molar-refractivity contribution in [2.45, 2.75) is 38.5 Å². The number of pyridine rings is 1. The number of hydrogen-bond donors (Lipinski definition) is 0. The fourth-order valence-corrected chi connectivity index (χ4v) is 3.72. The highest BCUT2D eigenvalue weighted by Crippen LogP contribution is 2.29. The molecule has 0 bridgehead atoms.